The molecule has 112 valence electrons. The van der Waals surface area contributed by atoms with E-state index < -0.39 is 5.82 Å². The smallest absolute Gasteiger partial charge is 0.317 e. The number of aliphatic hydroxyl groups is 1. The molecule has 1 atom stereocenters. The van der Waals surface area contributed by atoms with Crippen LogP contribution in [0.4, 0.5) is 9.18 Å². The maximum Gasteiger partial charge on any atom is 0.317 e. The lowest BCUT2D eigenvalue weighted by Crippen LogP contribution is -2.46. The summed E-state index contributed by atoms with van der Waals surface area (Å²) in [6, 6.07) is 5.73. The van der Waals surface area contributed by atoms with Crippen LogP contribution >= 0.6 is 0 Å². The van der Waals surface area contributed by atoms with Crippen LogP contribution in [0.15, 0.2) is 18.2 Å². The Morgan fingerprint density at radius 2 is 2.38 bits per heavy atom. The molecule has 0 unspecified atom stereocenters. The Morgan fingerprint density at radius 3 is 3.10 bits per heavy atom. The van der Waals surface area contributed by atoms with Crippen molar-refractivity contribution in [3.63, 3.8) is 0 Å². The van der Waals surface area contributed by atoms with Gasteiger partial charge in [-0.15, -0.1) is 0 Å². The van der Waals surface area contributed by atoms with Crippen molar-refractivity contribution in [2.75, 3.05) is 19.7 Å². The number of carbonyl (C=O) groups excluding carboxylic acids is 1. The van der Waals surface area contributed by atoms with Crippen molar-refractivity contribution in [3.05, 3.63) is 35.1 Å². The highest BCUT2D eigenvalue weighted by molar-refractivity contribution is 5.74. The van der Waals surface area contributed by atoms with Gasteiger partial charge in [0.05, 0.1) is 11.6 Å². The lowest BCUT2D eigenvalue weighted by molar-refractivity contribution is 0.129. The van der Waals surface area contributed by atoms with Gasteiger partial charge in [-0.2, -0.15) is 5.26 Å². The molecular weight excluding hydrogens is 273 g/mol. The fourth-order valence-electron chi connectivity index (χ4n) is 2.46. The number of likely N-dealkylation sites (tertiary alicyclic amines) is 1. The molecule has 0 aromatic heterocycles. The molecule has 0 saturated carbocycles. The molecule has 0 bridgehead atoms. The zero-order valence-corrected chi connectivity index (χ0v) is 11.7. The van der Waals surface area contributed by atoms with Gasteiger partial charge in [0.2, 0.25) is 0 Å². The molecule has 5 nitrogen and oxygen atoms in total. The van der Waals surface area contributed by atoms with E-state index in [1.165, 1.54) is 18.2 Å². The summed E-state index contributed by atoms with van der Waals surface area (Å²) >= 11 is 0. The highest BCUT2D eigenvalue weighted by Crippen LogP contribution is 2.16. The fraction of sp³-hybridized carbons (Fsp3) is 0.467. The van der Waals surface area contributed by atoms with Crippen LogP contribution in [0, 0.1) is 23.1 Å². The highest BCUT2D eigenvalue weighted by atomic mass is 19.1. The van der Waals surface area contributed by atoms with Crippen LogP contribution in [0.1, 0.15) is 24.0 Å². The molecule has 1 heterocycles. The Balaban J connectivity index is 1.93. The van der Waals surface area contributed by atoms with Gasteiger partial charge in [0, 0.05) is 31.8 Å². The normalized spacial score (nSPS) is 18.1. The molecule has 0 radical (unpaired) electrons. The number of hydrogen-bond acceptors (Lipinski definition) is 3. The second kappa shape index (κ2) is 7.04. The third-order valence-corrected chi connectivity index (χ3v) is 3.67. The summed E-state index contributed by atoms with van der Waals surface area (Å²) in [5, 5.41) is 20.6. The van der Waals surface area contributed by atoms with Crippen LogP contribution < -0.4 is 5.32 Å². The van der Waals surface area contributed by atoms with Crippen LogP contribution in [0.5, 0.6) is 0 Å². The van der Waals surface area contributed by atoms with E-state index >= 15 is 0 Å². The van der Waals surface area contributed by atoms with E-state index in [2.05, 4.69) is 5.32 Å². The number of rotatable bonds is 3. The Morgan fingerprint density at radius 1 is 1.57 bits per heavy atom. The predicted octanol–water partition coefficient (Wildman–Crippen LogP) is 1.61. The van der Waals surface area contributed by atoms with Gasteiger partial charge in [0.1, 0.15) is 5.82 Å². The van der Waals surface area contributed by atoms with Gasteiger partial charge in [0.25, 0.3) is 0 Å². The molecule has 1 aromatic rings. The number of carbonyl (C=O) groups is 1. The number of piperidine rings is 1. The third-order valence-electron chi connectivity index (χ3n) is 3.67. The fourth-order valence-corrected chi connectivity index (χ4v) is 2.46. The van der Waals surface area contributed by atoms with Gasteiger partial charge in [0.15, 0.2) is 0 Å². The van der Waals surface area contributed by atoms with Crippen LogP contribution in [-0.2, 0) is 6.54 Å². The van der Waals surface area contributed by atoms with Gasteiger partial charge < -0.3 is 15.3 Å². The number of nitrogens with zero attached hydrogens (tertiary/aromatic N) is 2. The Kier molecular flexibility index (Phi) is 5.12. The molecular formula is C15H18FN3O2. The Bertz CT molecular complexity index is 556. The van der Waals surface area contributed by atoms with Crippen molar-refractivity contribution in [1.82, 2.24) is 10.2 Å². The first-order valence-corrected chi connectivity index (χ1v) is 6.96. The standard InChI is InChI=1S/C15H18FN3O2/c16-14-4-3-11(7-17)6-13(14)8-18-15(21)19-5-1-2-12(9-19)10-20/h3-4,6,12,20H,1-2,5,8-10H2,(H,18,21)/t12-/m1/s1. The summed E-state index contributed by atoms with van der Waals surface area (Å²) in [6.45, 7) is 1.27. The summed E-state index contributed by atoms with van der Waals surface area (Å²) in [5.74, 6) is -0.329. The van der Waals surface area contributed by atoms with E-state index in [1.54, 1.807) is 4.90 Å². The van der Waals surface area contributed by atoms with E-state index in [0.29, 0.717) is 18.7 Å². The average molecular weight is 291 g/mol. The first kappa shape index (κ1) is 15.3. The minimum Gasteiger partial charge on any atom is -0.396 e. The SMILES string of the molecule is N#Cc1ccc(F)c(CNC(=O)N2CCC[C@@H](CO)C2)c1. The molecule has 2 N–H and O–H groups in total. The number of nitriles is 1. The van der Waals surface area contributed by atoms with E-state index in [4.69, 9.17) is 10.4 Å². The lowest BCUT2D eigenvalue weighted by Gasteiger charge is -2.31. The molecule has 1 aromatic carbocycles. The third kappa shape index (κ3) is 3.92. The number of amides is 2. The summed E-state index contributed by atoms with van der Waals surface area (Å²) < 4.78 is 13.6. The number of nitrogens with one attached hydrogen (secondary N) is 1. The zero-order chi connectivity index (χ0) is 15.2. The zero-order valence-electron chi connectivity index (χ0n) is 11.7. The first-order valence-electron chi connectivity index (χ1n) is 6.96. The van der Waals surface area contributed by atoms with Gasteiger partial charge in [-0.05, 0) is 37.0 Å². The number of urea groups is 1. The summed E-state index contributed by atoms with van der Waals surface area (Å²) in [6.07, 6.45) is 1.77. The molecule has 2 rings (SSSR count). The summed E-state index contributed by atoms with van der Waals surface area (Å²) in [4.78, 5) is 13.7. The molecule has 0 aliphatic carbocycles. The lowest BCUT2D eigenvalue weighted by atomic mass is 9.99. The van der Waals surface area contributed by atoms with Crippen molar-refractivity contribution in [3.8, 4) is 6.07 Å². The number of benzene rings is 1. The van der Waals surface area contributed by atoms with Gasteiger partial charge >= 0.3 is 6.03 Å². The number of hydrogen-bond donors (Lipinski definition) is 2. The second-order valence-electron chi connectivity index (χ2n) is 5.21. The number of halogens is 1. The molecule has 21 heavy (non-hydrogen) atoms. The molecule has 1 fully saturated rings. The van der Waals surface area contributed by atoms with Crippen molar-refractivity contribution in [2.24, 2.45) is 5.92 Å². The molecule has 1 aliphatic heterocycles. The highest BCUT2D eigenvalue weighted by Gasteiger charge is 2.23. The predicted molar refractivity (Wildman–Crippen MR) is 74.7 cm³/mol. The van der Waals surface area contributed by atoms with Gasteiger partial charge in [-0.1, -0.05) is 0 Å². The maximum atomic E-state index is 13.6. The Hall–Kier alpha value is -2.13. The molecule has 0 spiro atoms. The molecule has 2 amide bonds. The maximum absolute atomic E-state index is 13.6. The van der Waals surface area contributed by atoms with Crippen molar-refractivity contribution in [2.45, 2.75) is 19.4 Å². The quantitative estimate of drug-likeness (QED) is 0.888. The number of aliphatic hydroxyl groups excluding tert-OH is 1. The largest absolute Gasteiger partial charge is 0.396 e. The minimum absolute atomic E-state index is 0.0421. The Labute approximate surface area is 123 Å². The van der Waals surface area contributed by atoms with Crippen LogP contribution in [0.25, 0.3) is 0 Å². The van der Waals surface area contributed by atoms with Crippen molar-refractivity contribution < 1.29 is 14.3 Å². The van der Waals surface area contributed by atoms with Crippen molar-refractivity contribution in [1.29, 1.82) is 5.26 Å². The van der Waals surface area contributed by atoms with Crippen LogP contribution in [0.2, 0.25) is 0 Å². The topological polar surface area (TPSA) is 76.4 Å². The van der Waals surface area contributed by atoms with Crippen LogP contribution in [0.3, 0.4) is 0 Å². The monoisotopic (exact) mass is 291 g/mol. The van der Waals surface area contributed by atoms with E-state index in [0.717, 1.165) is 12.8 Å². The molecule has 1 aliphatic rings. The van der Waals surface area contributed by atoms with Gasteiger partial charge in [-0.25, -0.2) is 9.18 Å². The van der Waals surface area contributed by atoms with E-state index in [-0.39, 0.29) is 30.7 Å². The van der Waals surface area contributed by atoms with Crippen molar-refractivity contribution >= 4 is 6.03 Å². The van der Waals surface area contributed by atoms with E-state index in [9.17, 15) is 9.18 Å². The average Bonchev–Trinajstić information content (AvgIpc) is 2.53. The summed E-state index contributed by atoms with van der Waals surface area (Å²) in [5.41, 5.74) is 0.650. The molecule has 6 heteroatoms. The van der Waals surface area contributed by atoms with Gasteiger partial charge in [-0.3, -0.25) is 0 Å². The van der Waals surface area contributed by atoms with E-state index in [1.807, 2.05) is 6.07 Å². The first-order chi connectivity index (χ1) is 10.1. The van der Waals surface area contributed by atoms with Crippen LogP contribution in [-0.4, -0.2) is 35.7 Å². The molecule has 1 saturated heterocycles. The minimum atomic E-state index is -0.443. The second-order valence-corrected chi connectivity index (χ2v) is 5.21. The summed E-state index contributed by atoms with van der Waals surface area (Å²) in [7, 11) is 0.